The van der Waals surface area contributed by atoms with Gasteiger partial charge >= 0.3 is 0 Å². The van der Waals surface area contributed by atoms with E-state index in [4.69, 9.17) is 6.42 Å². The van der Waals surface area contributed by atoms with Crippen LogP contribution in [0.25, 0.3) is 0 Å². The number of carbonyl (C=O) groups is 1. The highest BCUT2D eigenvalue weighted by Crippen LogP contribution is 2.11. The van der Waals surface area contributed by atoms with Crippen LogP contribution in [0, 0.1) is 12.3 Å². The molecule has 1 amide bonds. The quantitative estimate of drug-likeness (QED) is 0.790. The second-order valence-corrected chi connectivity index (χ2v) is 4.80. The molecule has 2 aromatic rings. The summed E-state index contributed by atoms with van der Waals surface area (Å²) in [6, 6.07) is 3.48. The van der Waals surface area contributed by atoms with E-state index >= 15 is 0 Å². The number of aryl methyl sites for hydroxylation is 2. The van der Waals surface area contributed by atoms with Crippen LogP contribution in [-0.2, 0) is 20.0 Å². The number of hydrogen-bond acceptors (Lipinski definition) is 4. The number of pyridine rings is 1. The number of aromatic nitrogens is 3. The summed E-state index contributed by atoms with van der Waals surface area (Å²) in [6.45, 7) is 2.93. The number of hydrogen-bond donors (Lipinski definition) is 2. The molecule has 0 saturated heterocycles. The molecule has 0 aliphatic rings. The van der Waals surface area contributed by atoms with Gasteiger partial charge < -0.3 is 10.6 Å². The van der Waals surface area contributed by atoms with E-state index in [-0.39, 0.29) is 12.5 Å². The summed E-state index contributed by atoms with van der Waals surface area (Å²) >= 11 is 0. The predicted molar refractivity (Wildman–Crippen MR) is 85.3 cm³/mol. The molecule has 0 unspecified atom stereocenters. The van der Waals surface area contributed by atoms with Gasteiger partial charge in [0.25, 0.3) is 5.91 Å². The van der Waals surface area contributed by atoms with Crippen molar-refractivity contribution in [2.75, 3.05) is 11.9 Å². The molecule has 0 radical (unpaired) electrons. The predicted octanol–water partition coefficient (Wildman–Crippen LogP) is 1.35. The van der Waals surface area contributed by atoms with Crippen molar-refractivity contribution in [3.63, 3.8) is 0 Å². The van der Waals surface area contributed by atoms with Crippen LogP contribution in [-0.4, -0.2) is 27.2 Å². The van der Waals surface area contributed by atoms with Crippen LogP contribution < -0.4 is 10.6 Å². The van der Waals surface area contributed by atoms with Crippen molar-refractivity contribution in [1.29, 1.82) is 0 Å². The lowest BCUT2D eigenvalue weighted by atomic mass is 10.2. The van der Waals surface area contributed by atoms with Gasteiger partial charge in [0.15, 0.2) is 0 Å². The van der Waals surface area contributed by atoms with Crippen LogP contribution in [0.3, 0.4) is 0 Å². The van der Waals surface area contributed by atoms with Crippen LogP contribution in [0.5, 0.6) is 0 Å². The van der Waals surface area contributed by atoms with Gasteiger partial charge in [-0.15, -0.1) is 6.42 Å². The van der Waals surface area contributed by atoms with Gasteiger partial charge in [0.1, 0.15) is 5.82 Å². The SMILES string of the molecule is C#CCNC(=O)c1ccc(NCc2cn(C)nc2CC)nc1. The first-order chi connectivity index (χ1) is 10.6. The van der Waals surface area contributed by atoms with E-state index in [9.17, 15) is 4.79 Å². The van der Waals surface area contributed by atoms with Gasteiger partial charge in [-0.2, -0.15) is 5.10 Å². The summed E-state index contributed by atoms with van der Waals surface area (Å²) in [5, 5.41) is 10.2. The molecule has 0 aromatic carbocycles. The molecular formula is C16H19N5O. The third-order valence-corrected chi connectivity index (χ3v) is 3.16. The minimum Gasteiger partial charge on any atom is -0.366 e. The van der Waals surface area contributed by atoms with Gasteiger partial charge in [0, 0.05) is 31.5 Å². The zero-order valence-electron chi connectivity index (χ0n) is 12.8. The van der Waals surface area contributed by atoms with Crippen molar-refractivity contribution in [1.82, 2.24) is 20.1 Å². The fourth-order valence-corrected chi connectivity index (χ4v) is 2.08. The molecule has 0 aliphatic carbocycles. The van der Waals surface area contributed by atoms with Gasteiger partial charge in [-0.05, 0) is 18.6 Å². The smallest absolute Gasteiger partial charge is 0.253 e. The topological polar surface area (TPSA) is 71.8 Å². The molecular weight excluding hydrogens is 278 g/mol. The number of rotatable bonds is 6. The lowest BCUT2D eigenvalue weighted by Crippen LogP contribution is -2.23. The normalized spacial score (nSPS) is 10.0. The van der Waals surface area contributed by atoms with Crippen LogP contribution in [0.4, 0.5) is 5.82 Å². The van der Waals surface area contributed by atoms with Crippen molar-refractivity contribution in [2.24, 2.45) is 7.05 Å². The highest BCUT2D eigenvalue weighted by Gasteiger charge is 2.07. The zero-order valence-corrected chi connectivity index (χ0v) is 12.8. The molecule has 0 bridgehead atoms. The summed E-state index contributed by atoms with van der Waals surface area (Å²) in [4.78, 5) is 15.9. The second kappa shape index (κ2) is 7.27. The first-order valence-corrected chi connectivity index (χ1v) is 7.07. The summed E-state index contributed by atoms with van der Waals surface area (Å²) < 4.78 is 1.81. The lowest BCUT2D eigenvalue weighted by Gasteiger charge is -2.06. The van der Waals surface area contributed by atoms with Crippen LogP contribution in [0.2, 0.25) is 0 Å². The van der Waals surface area contributed by atoms with Gasteiger partial charge in [0.2, 0.25) is 0 Å². The van der Waals surface area contributed by atoms with E-state index in [1.807, 2.05) is 17.9 Å². The maximum Gasteiger partial charge on any atom is 0.253 e. The number of terminal acetylenes is 1. The Morgan fingerprint density at radius 3 is 2.91 bits per heavy atom. The van der Waals surface area contributed by atoms with E-state index in [1.165, 1.54) is 6.20 Å². The third-order valence-electron chi connectivity index (χ3n) is 3.16. The van der Waals surface area contributed by atoms with Gasteiger partial charge in [0.05, 0.1) is 17.8 Å². The zero-order chi connectivity index (χ0) is 15.9. The Labute approximate surface area is 129 Å². The maximum atomic E-state index is 11.7. The third kappa shape index (κ3) is 3.85. The van der Waals surface area contributed by atoms with Crippen LogP contribution in [0.15, 0.2) is 24.5 Å². The molecule has 0 spiro atoms. The average Bonchev–Trinajstić information content (AvgIpc) is 2.91. The Balaban J connectivity index is 1.96. The molecule has 2 rings (SSSR count). The molecule has 0 fully saturated rings. The Morgan fingerprint density at radius 2 is 2.27 bits per heavy atom. The van der Waals surface area contributed by atoms with Gasteiger partial charge in [-0.25, -0.2) is 4.98 Å². The largest absolute Gasteiger partial charge is 0.366 e. The maximum absolute atomic E-state index is 11.7. The fourth-order valence-electron chi connectivity index (χ4n) is 2.08. The van der Waals surface area contributed by atoms with Crippen molar-refractivity contribution < 1.29 is 4.79 Å². The van der Waals surface area contributed by atoms with Crippen molar-refractivity contribution in [3.05, 3.63) is 41.3 Å². The monoisotopic (exact) mass is 297 g/mol. The Hall–Kier alpha value is -2.81. The Bertz CT molecular complexity index is 682. The first-order valence-electron chi connectivity index (χ1n) is 7.07. The standard InChI is InChI=1S/C16H19N5O/c1-4-8-17-16(22)12-6-7-15(18-9-12)19-10-13-11-21(3)20-14(13)5-2/h1,6-7,9,11H,5,8,10H2,2-3H3,(H,17,22)(H,18,19). The number of amides is 1. The minimum absolute atomic E-state index is 0.208. The number of nitrogens with one attached hydrogen (secondary N) is 2. The molecule has 2 heterocycles. The van der Waals surface area contributed by atoms with E-state index in [0.717, 1.165) is 17.7 Å². The van der Waals surface area contributed by atoms with Crippen LogP contribution in [0.1, 0.15) is 28.5 Å². The molecule has 22 heavy (non-hydrogen) atoms. The lowest BCUT2D eigenvalue weighted by molar-refractivity contribution is 0.0958. The summed E-state index contributed by atoms with van der Waals surface area (Å²) in [5.41, 5.74) is 2.69. The van der Waals surface area contributed by atoms with Gasteiger partial charge in [-0.3, -0.25) is 9.48 Å². The molecule has 0 aliphatic heterocycles. The molecule has 0 atom stereocenters. The van der Waals surface area contributed by atoms with Crippen molar-refractivity contribution >= 4 is 11.7 Å². The molecule has 6 heteroatoms. The number of carbonyl (C=O) groups excluding carboxylic acids is 1. The Morgan fingerprint density at radius 1 is 1.45 bits per heavy atom. The van der Waals surface area contributed by atoms with Gasteiger partial charge in [-0.1, -0.05) is 12.8 Å². The highest BCUT2D eigenvalue weighted by atomic mass is 16.1. The van der Waals surface area contributed by atoms with E-state index < -0.39 is 0 Å². The number of anilines is 1. The average molecular weight is 297 g/mol. The van der Waals surface area contributed by atoms with E-state index in [1.54, 1.807) is 12.1 Å². The second-order valence-electron chi connectivity index (χ2n) is 4.80. The highest BCUT2D eigenvalue weighted by molar-refractivity contribution is 5.94. The minimum atomic E-state index is -0.225. The van der Waals surface area contributed by atoms with Crippen LogP contribution >= 0.6 is 0 Å². The van der Waals surface area contributed by atoms with E-state index in [2.05, 4.69) is 33.6 Å². The molecule has 6 nitrogen and oxygen atoms in total. The van der Waals surface area contributed by atoms with Crippen molar-refractivity contribution in [3.8, 4) is 12.3 Å². The molecule has 2 aromatic heterocycles. The number of nitrogens with zero attached hydrogens (tertiary/aromatic N) is 3. The summed E-state index contributed by atoms with van der Waals surface area (Å²) in [5.74, 6) is 2.84. The molecule has 2 N–H and O–H groups in total. The van der Waals surface area contributed by atoms with E-state index in [0.29, 0.717) is 17.9 Å². The van der Waals surface area contributed by atoms with Crippen molar-refractivity contribution in [2.45, 2.75) is 19.9 Å². The molecule has 114 valence electrons. The Kier molecular flexibility index (Phi) is 5.15. The fraction of sp³-hybridized carbons (Fsp3) is 0.312. The summed E-state index contributed by atoms with van der Waals surface area (Å²) in [7, 11) is 1.91. The first kappa shape index (κ1) is 15.6. The molecule has 0 saturated carbocycles. The summed E-state index contributed by atoms with van der Waals surface area (Å²) in [6.07, 6.45) is 9.51.